The summed E-state index contributed by atoms with van der Waals surface area (Å²) in [5, 5.41) is 4.30. The van der Waals surface area contributed by atoms with Crippen LogP contribution >= 0.6 is 19.7 Å². The Bertz CT molecular complexity index is 590. The van der Waals surface area contributed by atoms with Gasteiger partial charge in [0.1, 0.15) is 0 Å². The summed E-state index contributed by atoms with van der Waals surface area (Å²) in [5.41, 5.74) is 0. The zero-order valence-corrected chi connectivity index (χ0v) is 16.2. The summed E-state index contributed by atoms with van der Waals surface area (Å²) in [6.07, 6.45) is 1.26. The highest BCUT2D eigenvalue weighted by atomic mass is 32.8. The Kier molecular flexibility index (Phi) is 5.73. The minimum atomic E-state index is -0.390. The molecule has 2 aromatic rings. The highest BCUT2D eigenvalue weighted by molar-refractivity contribution is 8.39. The van der Waals surface area contributed by atoms with Gasteiger partial charge in [-0.1, -0.05) is 74.5 Å². The van der Waals surface area contributed by atoms with E-state index in [2.05, 4.69) is 86.3 Å². The van der Waals surface area contributed by atoms with E-state index >= 15 is 0 Å². The quantitative estimate of drug-likeness (QED) is 0.741. The van der Waals surface area contributed by atoms with Gasteiger partial charge in [-0.3, -0.25) is 0 Å². The average Bonchev–Trinajstić information content (AvgIpc) is 2.54. The van der Waals surface area contributed by atoms with Crippen molar-refractivity contribution < 1.29 is 0 Å². The minimum absolute atomic E-state index is 0.0506. The summed E-state index contributed by atoms with van der Waals surface area (Å²) in [6.45, 7) is 4.71. The van der Waals surface area contributed by atoms with Crippen LogP contribution in [0.3, 0.4) is 0 Å². The molecule has 0 amide bonds. The second kappa shape index (κ2) is 7.57. The first kappa shape index (κ1) is 16.6. The van der Waals surface area contributed by atoms with E-state index in [9.17, 15) is 0 Å². The van der Waals surface area contributed by atoms with Crippen LogP contribution in [0.2, 0.25) is 0 Å². The zero-order valence-electron chi connectivity index (χ0n) is 12.9. The van der Waals surface area contributed by atoms with Gasteiger partial charge in [-0.25, -0.2) is 0 Å². The lowest BCUT2D eigenvalue weighted by Gasteiger charge is -2.38. The fourth-order valence-electron chi connectivity index (χ4n) is 2.80. The first-order valence-corrected chi connectivity index (χ1v) is 12.2. The molecule has 1 fully saturated rings. The fourth-order valence-corrected chi connectivity index (χ4v) is 13.4. The fraction of sp³-hybridized carbons (Fsp3) is 0.333. The Labute approximate surface area is 146 Å². The van der Waals surface area contributed by atoms with Crippen molar-refractivity contribution in [3.05, 3.63) is 60.7 Å². The summed E-state index contributed by atoms with van der Waals surface area (Å²) in [5.74, 6) is 0. The molecule has 0 spiro atoms. The molecule has 0 N–H and O–H groups in total. The van der Waals surface area contributed by atoms with Crippen molar-refractivity contribution in [3.8, 4) is 0 Å². The maximum atomic E-state index is 5.99. The van der Waals surface area contributed by atoms with Gasteiger partial charge < -0.3 is 0 Å². The van der Waals surface area contributed by atoms with Crippen LogP contribution in [0, 0.1) is 0 Å². The number of hydrogen-bond donors (Lipinski definition) is 0. The first-order valence-electron chi connectivity index (χ1n) is 7.61. The third-order valence-corrected chi connectivity index (χ3v) is 13.9. The van der Waals surface area contributed by atoms with Crippen LogP contribution in [0.4, 0.5) is 0 Å². The van der Waals surface area contributed by atoms with Gasteiger partial charge in [-0.15, -0.1) is 21.2 Å². The second-order valence-corrected chi connectivity index (χ2v) is 13.6. The number of rotatable bonds is 3. The third kappa shape index (κ3) is 3.64. The smallest absolute Gasteiger partial charge is 0.0829 e. The lowest BCUT2D eigenvalue weighted by Crippen LogP contribution is -2.33. The molecular weight excluding hydrogens is 343 g/mol. The predicted molar refractivity (Wildman–Crippen MR) is 109 cm³/mol. The van der Waals surface area contributed by atoms with Gasteiger partial charge in [0.25, 0.3) is 0 Å². The van der Waals surface area contributed by atoms with E-state index in [1.54, 1.807) is 0 Å². The van der Waals surface area contributed by atoms with Crippen LogP contribution in [-0.4, -0.2) is 14.8 Å². The summed E-state index contributed by atoms with van der Waals surface area (Å²) in [6, 6.07) is 22.0. The summed E-state index contributed by atoms with van der Waals surface area (Å²) in [4.78, 5) is 0. The van der Waals surface area contributed by atoms with E-state index in [-0.39, 0.29) is 9.45 Å². The summed E-state index contributed by atoms with van der Waals surface area (Å²) >= 11 is 8.12. The number of benzene rings is 2. The van der Waals surface area contributed by atoms with Crippen LogP contribution in [0.15, 0.2) is 60.7 Å². The van der Waals surface area contributed by atoms with Gasteiger partial charge in [0.2, 0.25) is 0 Å². The van der Waals surface area contributed by atoms with Gasteiger partial charge in [0.05, 0.1) is 4.32 Å². The molecule has 0 radical (unpaired) electrons. The van der Waals surface area contributed by atoms with Crippen LogP contribution in [-0.2, 0) is 20.6 Å². The van der Waals surface area contributed by atoms with Gasteiger partial charge >= 0.3 is 0 Å². The van der Waals surface area contributed by atoms with Crippen molar-refractivity contribution in [1.82, 2.24) is 0 Å². The lowest BCUT2D eigenvalue weighted by molar-refractivity contribution is 0.795. The molecule has 2 aromatic carbocycles. The molecule has 0 saturated carbocycles. The molecule has 1 saturated heterocycles. The van der Waals surface area contributed by atoms with E-state index in [0.29, 0.717) is 14.8 Å². The molecule has 0 nitrogen and oxygen atoms in total. The Morgan fingerprint density at radius 3 is 1.95 bits per heavy atom. The molecule has 3 rings (SSSR count). The van der Waals surface area contributed by atoms with E-state index in [1.807, 2.05) is 0 Å². The topological polar surface area (TPSA) is 0 Å². The van der Waals surface area contributed by atoms with Gasteiger partial charge in [-0.2, -0.15) is 0 Å². The van der Waals surface area contributed by atoms with Crippen LogP contribution in [0.25, 0.3) is 0 Å². The Morgan fingerprint density at radius 2 is 1.45 bits per heavy atom. The summed E-state index contributed by atoms with van der Waals surface area (Å²) < 4.78 is 0.563. The monoisotopic (exact) mass is 364 g/mol. The molecule has 1 aliphatic rings. The molecule has 1 heterocycles. The Balaban J connectivity index is 2.04. The maximum Gasteiger partial charge on any atom is 0.0829 e. The van der Waals surface area contributed by atoms with Crippen molar-refractivity contribution in [2.75, 3.05) is 0 Å². The predicted octanol–water partition coefficient (Wildman–Crippen LogP) is 4.40. The molecule has 0 aliphatic carbocycles. The van der Waals surface area contributed by atoms with Crippen molar-refractivity contribution in [1.29, 1.82) is 0 Å². The Morgan fingerprint density at radius 1 is 0.955 bits per heavy atom. The average molecular weight is 365 g/mol. The zero-order chi connectivity index (χ0) is 15.5. The van der Waals surface area contributed by atoms with E-state index in [1.165, 1.54) is 17.0 Å². The third-order valence-electron chi connectivity index (χ3n) is 3.89. The standard InChI is InChI=1S/C18H21PS3/c1-14-13-15(2)22(20)18(21-14)19(16-9-5-3-6-10-16)17-11-7-4-8-12-17/h3-12,14-15,18H,13H2,1-2H3/t14-,15?,18+,22?/m0/s1. The Hall–Kier alpha value is -0.210. The maximum absolute atomic E-state index is 5.99. The molecule has 4 atom stereocenters. The number of hydrogen-bond acceptors (Lipinski definition) is 2. The van der Waals surface area contributed by atoms with Crippen molar-refractivity contribution in [3.63, 3.8) is 0 Å². The van der Waals surface area contributed by atoms with Crippen LogP contribution < -0.4 is 10.6 Å². The molecule has 0 bridgehead atoms. The second-order valence-electron chi connectivity index (χ2n) is 5.67. The largest absolute Gasteiger partial charge is 0.139 e. The molecule has 1 aliphatic heterocycles. The highest BCUT2D eigenvalue weighted by Crippen LogP contribution is 2.52. The molecular formula is C18H21PS3. The number of thioether (sulfide) groups is 1. The van der Waals surface area contributed by atoms with Gasteiger partial charge in [0.15, 0.2) is 0 Å². The van der Waals surface area contributed by atoms with Crippen LogP contribution in [0.1, 0.15) is 20.3 Å². The molecule has 4 heteroatoms. The van der Waals surface area contributed by atoms with Crippen molar-refractivity contribution >= 4 is 50.9 Å². The molecule has 2 unspecified atom stereocenters. The van der Waals surface area contributed by atoms with Crippen LogP contribution in [0.5, 0.6) is 0 Å². The van der Waals surface area contributed by atoms with E-state index < -0.39 is 7.92 Å². The van der Waals surface area contributed by atoms with Crippen molar-refractivity contribution in [2.24, 2.45) is 0 Å². The normalized spacial score (nSPS) is 28.7. The highest BCUT2D eigenvalue weighted by Gasteiger charge is 2.35. The lowest BCUT2D eigenvalue weighted by atomic mass is 10.3. The van der Waals surface area contributed by atoms with E-state index in [4.69, 9.17) is 11.2 Å². The SMILES string of the molecule is CC1C[C@H](C)S[C@@H](P(c2ccccc2)c2ccccc2)S1=S. The summed E-state index contributed by atoms with van der Waals surface area (Å²) in [7, 11) is -0.340. The van der Waals surface area contributed by atoms with Crippen molar-refractivity contribution in [2.45, 2.75) is 35.1 Å². The minimum Gasteiger partial charge on any atom is -0.139 e. The first-order chi connectivity index (χ1) is 10.7. The van der Waals surface area contributed by atoms with E-state index in [0.717, 1.165) is 0 Å². The van der Waals surface area contributed by atoms with Gasteiger partial charge in [0, 0.05) is 10.5 Å². The molecule has 0 aromatic heterocycles. The molecule has 116 valence electrons. The molecule has 22 heavy (non-hydrogen) atoms. The van der Waals surface area contributed by atoms with Gasteiger partial charge in [-0.05, 0) is 36.1 Å².